The molecule has 0 unspecified atom stereocenters. The Labute approximate surface area is 119 Å². The number of hydrogen-bond donors (Lipinski definition) is 1. The smallest absolute Gasteiger partial charge is 0.287 e. The van der Waals surface area contributed by atoms with E-state index in [0.717, 1.165) is 12.1 Å². The van der Waals surface area contributed by atoms with Crippen molar-refractivity contribution in [2.45, 2.75) is 18.9 Å². The van der Waals surface area contributed by atoms with E-state index in [1.54, 1.807) is 12.1 Å². The highest BCUT2D eigenvalue weighted by Crippen LogP contribution is 2.33. The first-order valence-corrected chi connectivity index (χ1v) is 6.83. The van der Waals surface area contributed by atoms with E-state index in [1.165, 1.54) is 18.9 Å². The minimum atomic E-state index is -0.444. The Morgan fingerprint density at radius 1 is 1.58 bits per heavy atom. The van der Waals surface area contributed by atoms with E-state index >= 15 is 0 Å². The Kier molecular flexibility index (Phi) is 4.55. The highest BCUT2D eigenvalue weighted by atomic mass is 79.9. The third kappa shape index (κ3) is 4.04. The van der Waals surface area contributed by atoms with E-state index in [4.69, 9.17) is 4.74 Å². The normalized spacial score (nSPS) is 14.2. The minimum Gasteiger partial charge on any atom is -0.488 e. The molecule has 0 atom stereocenters. The van der Waals surface area contributed by atoms with Gasteiger partial charge in [0.2, 0.25) is 0 Å². The van der Waals surface area contributed by atoms with Crippen LogP contribution in [0.5, 0.6) is 5.75 Å². The van der Waals surface area contributed by atoms with E-state index in [0.29, 0.717) is 22.9 Å². The Bertz CT molecular complexity index is 501. The van der Waals surface area contributed by atoms with Crippen molar-refractivity contribution in [3.8, 4) is 5.75 Å². The lowest BCUT2D eigenvalue weighted by atomic mass is 10.3. The second-order valence-corrected chi connectivity index (χ2v) is 5.33. The Morgan fingerprint density at radius 2 is 2.32 bits per heavy atom. The monoisotopic (exact) mass is 326 g/mol. The van der Waals surface area contributed by atoms with E-state index in [1.807, 2.05) is 0 Å². The molecule has 1 aliphatic carbocycles. The lowest BCUT2D eigenvalue weighted by Gasteiger charge is -2.10. The molecule has 1 saturated carbocycles. The summed E-state index contributed by atoms with van der Waals surface area (Å²) in [4.78, 5) is 10.3. The van der Waals surface area contributed by atoms with Crippen molar-refractivity contribution >= 4 is 21.6 Å². The van der Waals surface area contributed by atoms with Crippen molar-refractivity contribution in [2.75, 3.05) is 13.2 Å². The minimum absolute atomic E-state index is 0.000724. The number of nitrogens with zero attached hydrogens (tertiary/aromatic N) is 1. The van der Waals surface area contributed by atoms with E-state index < -0.39 is 4.92 Å². The van der Waals surface area contributed by atoms with Crippen LogP contribution in [0.25, 0.3) is 0 Å². The molecule has 0 heterocycles. The van der Waals surface area contributed by atoms with Crippen LogP contribution in [0, 0.1) is 10.1 Å². The summed E-state index contributed by atoms with van der Waals surface area (Å²) in [7, 11) is 0. The van der Waals surface area contributed by atoms with Gasteiger partial charge in [0, 0.05) is 18.7 Å². The molecule has 0 amide bonds. The van der Waals surface area contributed by atoms with Crippen LogP contribution in [0.15, 0.2) is 34.8 Å². The van der Waals surface area contributed by atoms with Gasteiger partial charge in [0.15, 0.2) is 0 Å². The summed E-state index contributed by atoms with van der Waals surface area (Å²) in [5.41, 5.74) is 0.921. The summed E-state index contributed by atoms with van der Waals surface area (Å²) < 4.78 is 5.92. The van der Waals surface area contributed by atoms with Crippen LogP contribution in [0.4, 0.5) is 5.69 Å². The number of benzene rings is 1. The van der Waals surface area contributed by atoms with Gasteiger partial charge in [-0.05, 0) is 40.4 Å². The fourth-order valence-corrected chi connectivity index (χ4v) is 2.08. The maximum Gasteiger partial charge on any atom is 0.287 e. The summed E-state index contributed by atoms with van der Waals surface area (Å²) in [6, 6.07) is 5.35. The SMILES string of the molecule is C=C(CNC1CC1)COc1cccc([N+](=O)[O-])c1Br. The van der Waals surface area contributed by atoms with Gasteiger partial charge < -0.3 is 10.1 Å². The van der Waals surface area contributed by atoms with Crippen LogP contribution in [0.2, 0.25) is 0 Å². The van der Waals surface area contributed by atoms with E-state index in [-0.39, 0.29) is 5.69 Å². The molecule has 0 spiro atoms. The van der Waals surface area contributed by atoms with Gasteiger partial charge in [-0.2, -0.15) is 0 Å². The first kappa shape index (κ1) is 14.0. The van der Waals surface area contributed by atoms with Gasteiger partial charge in [0.05, 0.1) is 4.92 Å². The van der Waals surface area contributed by atoms with Gasteiger partial charge >= 0.3 is 0 Å². The molecule has 2 rings (SSSR count). The zero-order valence-corrected chi connectivity index (χ0v) is 12.0. The standard InChI is InChI=1S/C13H15BrN2O3/c1-9(7-15-10-5-6-10)8-19-12-4-2-3-11(13(12)14)16(17)18/h2-4,10,15H,1,5-8H2. The maximum atomic E-state index is 10.8. The van der Waals surface area contributed by atoms with Crippen LogP contribution in [0.3, 0.4) is 0 Å². The Morgan fingerprint density at radius 3 is 2.95 bits per heavy atom. The second-order valence-electron chi connectivity index (χ2n) is 4.54. The largest absolute Gasteiger partial charge is 0.488 e. The maximum absolute atomic E-state index is 10.8. The average Bonchev–Trinajstić information content (AvgIpc) is 3.18. The van der Waals surface area contributed by atoms with E-state index in [9.17, 15) is 10.1 Å². The molecule has 1 fully saturated rings. The lowest BCUT2D eigenvalue weighted by molar-refractivity contribution is -0.385. The van der Waals surface area contributed by atoms with Crippen molar-refractivity contribution < 1.29 is 9.66 Å². The molecule has 0 saturated heterocycles. The first-order chi connectivity index (χ1) is 9.08. The summed E-state index contributed by atoms with van der Waals surface area (Å²) in [5, 5.41) is 14.1. The number of hydrogen-bond acceptors (Lipinski definition) is 4. The molecule has 102 valence electrons. The molecule has 1 aliphatic rings. The highest BCUT2D eigenvalue weighted by molar-refractivity contribution is 9.10. The highest BCUT2D eigenvalue weighted by Gasteiger charge is 2.20. The summed E-state index contributed by atoms with van der Waals surface area (Å²) >= 11 is 3.19. The van der Waals surface area contributed by atoms with Crippen molar-refractivity contribution in [3.63, 3.8) is 0 Å². The number of nitrogens with one attached hydrogen (secondary N) is 1. The Hall–Kier alpha value is -1.40. The van der Waals surface area contributed by atoms with Crippen LogP contribution in [0.1, 0.15) is 12.8 Å². The molecule has 1 N–H and O–H groups in total. The molecule has 19 heavy (non-hydrogen) atoms. The first-order valence-electron chi connectivity index (χ1n) is 6.03. The van der Waals surface area contributed by atoms with Crippen molar-refractivity contribution in [1.82, 2.24) is 5.32 Å². The molecular formula is C13H15BrN2O3. The zero-order valence-electron chi connectivity index (χ0n) is 10.4. The number of nitro groups is 1. The molecule has 0 bridgehead atoms. The van der Waals surface area contributed by atoms with Crippen LogP contribution < -0.4 is 10.1 Å². The summed E-state index contributed by atoms with van der Waals surface area (Å²) in [6.45, 7) is 4.99. The fourth-order valence-electron chi connectivity index (χ4n) is 1.56. The van der Waals surface area contributed by atoms with E-state index in [2.05, 4.69) is 27.8 Å². The molecule has 6 heteroatoms. The van der Waals surface area contributed by atoms with Gasteiger partial charge in [-0.15, -0.1) is 0 Å². The average molecular weight is 327 g/mol. The lowest BCUT2D eigenvalue weighted by Crippen LogP contribution is -2.21. The predicted molar refractivity (Wildman–Crippen MR) is 76.5 cm³/mol. The molecule has 0 aromatic heterocycles. The topological polar surface area (TPSA) is 64.4 Å². The fraction of sp³-hybridized carbons (Fsp3) is 0.385. The number of rotatable bonds is 7. The van der Waals surface area contributed by atoms with Gasteiger partial charge in [-0.1, -0.05) is 12.6 Å². The van der Waals surface area contributed by atoms with Crippen molar-refractivity contribution in [1.29, 1.82) is 0 Å². The molecular weight excluding hydrogens is 312 g/mol. The molecule has 5 nitrogen and oxygen atoms in total. The number of halogens is 1. The number of ether oxygens (including phenoxy) is 1. The molecule has 1 aromatic carbocycles. The van der Waals surface area contributed by atoms with Crippen LogP contribution in [-0.4, -0.2) is 24.1 Å². The van der Waals surface area contributed by atoms with Crippen LogP contribution in [-0.2, 0) is 0 Å². The molecule has 0 radical (unpaired) electrons. The number of nitro benzene ring substituents is 1. The predicted octanol–water partition coefficient (Wildman–Crippen LogP) is 3.04. The van der Waals surface area contributed by atoms with Gasteiger partial charge in [-0.3, -0.25) is 10.1 Å². The van der Waals surface area contributed by atoms with Gasteiger partial charge in [0.25, 0.3) is 5.69 Å². The quantitative estimate of drug-likeness (QED) is 0.475. The van der Waals surface area contributed by atoms with Gasteiger partial charge in [0.1, 0.15) is 16.8 Å². The third-order valence-electron chi connectivity index (χ3n) is 2.79. The van der Waals surface area contributed by atoms with Crippen molar-refractivity contribution in [2.24, 2.45) is 0 Å². The Balaban J connectivity index is 1.89. The molecule has 1 aromatic rings. The second kappa shape index (κ2) is 6.16. The van der Waals surface area contributed by atoms with Crippen LogP contribution >= 0.6 is 15.9 Å². The molecule has 0 aliphatic heterocycles. The summed E-state index contributed by atoms with van der Waals surface area (Å²) in [6.07, 6.45) is 2.45. The zero-order chi connectivity index (χ0) is 13.8. The van der Waals surface area contributed by atoms with Crippen molar-refractivity contribution in [3.05, 3.63) is 44.9 Å². The van der Waals surface area contributed by atoms with Gasteiger partial charge in [-0.25, -0.2) is 0 Å². The summed E-state index contributed by atoms with van der Waals surface area (Å²) in [5.74, 6) is 0.460. The third-order valence-corrected chi connectivity index (χ3v) is 3.59.